The van der Waals surface area contributed by atoms with Gasteiger partial charge in [-0.05, 0) is 37.5 Å². The van der Waals surface area contributed by atoms with Gasteiger partial charge in [0.1, 0.15) is 0 Å². The Balaban J connectivity index is 2.48. The van der Waals surface area contributed by atoms with E-state index < -0.39 is 19.9 Å². The molecule has 19 heavy (non-hydrogen) atoms. The summed E-state index contributed by atoms with van der Waals surface area (Å²) in [6.45, 7) is 0. The number of anilines is 1. The number of nitrogens with one attached hydrogen (secondary N) is 1. The summed E-state index contributed by atoms with van der Waals surface area (Å²) in [6.07, 6.45) is 4.13. The fraction of sp³-hybridized carbons (Fsp3) is 0.455. The van der Waals surface area contributed by atoms with Gasteiger partial charge in [0.25, 0.3) is 0 Å². The Bertz CT molecular complexity index is 691. The lowest BCUT2D eigenvalue weighted by molar-refractivity contribution is 0.445. The molecule has 0 bridgehead atoms. The van der Waals surface area contributed by atoms with Crippen LogP contribution in [0.5, 0.6) is 0 Å². The van der Waals surface area contributed by atoms with Crippen molar-refractivity contribution in [3.63, 3.8) is 0 Å². The van der Waals surface area contributed by atoms with E-state index >= 15 is 0 Å². The number of primary sulfonamides is 1. The Hall–Kier alpha value is -1.12. The minimum absolute atomic E-state index is 0.0362. The smallest absolute Gasteiger partial charge is 0.238 e. The quantitative estimate of drug-likeness (QED) is 0.851. The zero-order valence-electron chi connectivity index (χ0n) is 10.5. The van der Waals surface area contributed by atoms with Crippen LogP contribution in [0.2, 0.25) is 0 Å². The van der Waals surface area contributed by atoms with Gasteiger partial charge in [-0.1, -0.05) is 0 Å². The van der Waals surface area contributed by atoms with Gasteiger partial charge in [0.05, 0.1) is 15.5 Å². The molecular formula is C11H16N2O4S2. The lowest BCUT2D eigenvalue weighted by Gasteiger charge is -2.28. The number of hydrogen-bond acceptors (Lipinski definition) is 5. The predicted molar refractivity (Wildman–Crippen MR) is 72.2 cm³/mol. The van der Waals surface area contributed by atoms with Crippen LogP contribution in [0.1, 0.15) is 19.3 Å². The van der Waals surface area contributed by atoms with Crippen LogP contribution in [0.25, 0.3) is 0 Å². The fourth-order valence-electron chi connectivity index (χ4n) is 1.88. The van der Waals surface area contributed by atoms with E-state index in [2.05, 4.69) is 5.32 Å². The van der Waals surface area contributed by atoms with E-state index in [9.17, 15) is 16.8 Å². The van der Waals surface area contributed by atoms with Crippen LogP contribution < -0.4 is 10.5 Å². The van der Waals surface area contributed by atoms with Crippen molar-refractivity contribution in [2.24, 2.45) is 5.14 Å². The highest BCUT2D eigenvalue weighted by molar-refractivity contribution is 7.91. The van der Waals surface area contributed by atoms with Crippen LogP contribution in [0.4, 0.5) is 5.69 Å². The molecule has 1 aromatic rings. The number of sulfonamides is 1. The largest absolute Gasteiger partial charge is 0.381 e. The molecule has 0 atom stereocenters. The SMILES string of the molecule is CS(=O)(=O)c1cc(S(N)(=O)=O)ccc1NC1CCC1. The van der Waals surface area contributed by atoms with E-state index in [0.29, 0.717) is 5.69 Å². The van der Waals surface area contributed by atoms with E-state index in [1.54, 1.807) is 0 Å². The molecular weight excluding hydrogens is 288 g/mol. The van der Waals surface area contributed by atoms with Crippen LogP contribution >= 0.6 is 0 Å². The average Bonchev–Trinajstić information content (AvgIpc) is 2.20. The molecule has 0 saturated heterocycles. The first kappa shape index (κ1) is 14.3. The lowest BCUT2D eigenvalue weighted by Crippen LogP contribution is -2.28. The summed E-state index contributed by atoms with van der Waals surface area (Å²) in [7, 11) is -7.44. The third-order valence-electron chi connectivity index (χ3n) is 3.15. The molecule has 1 aliphatic rings. The van der Waals surface area contributed by atoms with Gasteiger partial charge in [0, 0.05) is 12.3 Å². The summed E-state index contributed by atoms with van der Waals surface area (Å²) >= 11 is 0. The first-order valence-electron chi connectivity index (χ1n) is 5.81. The van der Waals surface area contributed by atoms with Crippen LogP contribution in [-0.2, 0) is 19.9 Å². The first-order valence-corrected chi connectivity index (χ1v) is 9.25. The lowest BCUT2D eigenvalue weighted by atomic mass is 9.93. The molecule has 0 radical (unpaired) electrons. The van der Waals surface area contributed by atoms with Crippen molar-refractivity contribution < 1.29 is 16.8 Å². The van der Waals surface area contributed by atoms with Gasteiger partial charge in [-0.15, -0.1) is 0 Å². The minimum Gasteiger partial charge on any atom is -0.381 e. The molecule has 106 valence electrons. The van der Waals surface area contributed by atoms with E-state index in [0.717, 1.165) is 31.6 Å². The number of nitrogens with two attached hydrogens (primary N) is 1. The van der Waals surface area contributed by atoms with Gasteiger partial charge >= 0.3 is 0 Å². The van der Waals surface area contributed by atoms with Crippen molar-refractivity contribution >= 4 is 25.5 Å². The number of sulfone groups is 1. The van der Waals surface area contributed by atoms with Gasteiger partial charge in [0.15, 0.2) is 9.84 Å². The molecule has 0 spiro atoms. The molecule has 0 aromatic heterocycles. The Morgan fingerprint density at radius 2 is 1.84 bits per heavy atom. The Morgan fingerprint density at radius 1 is 1.21 bits per heavy atom. The van der Waals surface area contributed by atoms with Crippen molar-refractivity contribution in [1.82, 2.24) is 0 Å². The zero-order chi connectivity index (χ0) is 14.3. The molecule has 0 unspecified atom stereocenters. The van der Waals surface area contributed by atoms with Crippen LogP contribution in [0.3, 0.4) is 0 Å². The van der Waals surface area contributed by atoms with E-state index in [4.69, 9.17) is 5.14 Å². The highest BCUT2D eigenvalue weighted by Gasteiger charge is 2.22. The summed E-state index contributed by atoms with van der Waals surface area (Å²) in [6, 6.07) is 4.12. The highest BCUT2D eigenvalue weighted by atomic mass is 32.2. The Kier molecular flexibility index (Phi) is 3.59. The molecule has 3 N–H and O–H groups in total. The van der Waals surface area contributed by atoms with Crippen molar-refractivity contribution in [1.29, 1.82) is 0 Å². The van der Waals surface area contributed by atoms with E-state index in [1.165, 1.54) is 12.1 Å². The summed E-state index contributed by atoms with van der Waals surface area (Å²) in [5.41, 5.74) is 0.430. The van der Waals surface area contributed by atoms with Gasteiger partial charge in [0.2, 0.25) is 10.0 Å². The maximum absolute atomic E-state index is 11.7. The molecule has 1 aliphatic carbocycles. The summed E-state index contributed by atoms with van der Waals surface area (Å²) in [5.74, 6) is 0. The van der Waals surface area contributed by atoms with Crippen molar-refractivity contribution in [3.8, 4) is 0 Å². The highest BCUT2D eigenvalue weighted by Crippen LogP contribution is 2.29. The van der Waals surface area contributed by atoms with Gasteiger partial charge < -0.3 is 5.32 Å². The molecule has 1 fully saturated rings. The van der Waals surface area contributed by atoms with Crippen molar-refractivity contribution in [2.45, 2.75) is 35.1 Å². The molecule has 0 amide bonds. The van der Waals surface area contributed by atoms with E-state index in [-0.39, 0.29) is 15.8 Å². The van der Waals surface area contributed by atoms with Gasteiger partial charge in [-0.2, -0.15) is 0 Å². The topological polar surface area (TPSA) is 106 Å². The molecule has 6 nitrogen and oxygen atoms in total. The third kappa shape index (κ3) is 3.26. The fourth-order valence-corrected chi connectivity index (χ4v) is 3.36. The number of benzene rings is 1. The van der Waals surface area contributed by atoms with E-state index in [1.807, 2.05) is 0 Å². The van der Waals surface area contributed by atoms with Crippen LogP contribution in [0, 0.1) is 0 Å². The molecule has 0 aliphatic heterocycles. The second kappa shape index (κ2) is 4.77. The standard InChI is InChI=1S/C11H16N2O4S2/c1-18(14,15)11-7-9(19(12,16)17)5-6-10(11)13-8-3-2-4-8/h5-8,13H,2-4H2,1H3,(H2,12,16,17). The maximum atomic E-state index is 11.7. The number of hydrogen-bond donors (Lipinski definition) is 2. The summed E-state index contributed by atoms with van der Waals surface area (Å²) in [4.78, 5) is -0.238. The third-order valence-corrected chi connectivity index (χ3v) is 5.19. The Morgan fingerprint density at radius 3 is 2.26 bits per heavy atom. The van der Waals surface area contributed by atoms with Crippen molar-refractivity contribution in [2.75, 3.05) is 11.6 Å². The molecule has 1 saturated carbocycles. The second-order valence-electron chi connectivity index (χ2n) is 4.75. The monoisotopic (exact) mass is 304 g/mol. The maximum Gasteiger partial charge on any atom is 0.238 e. The molecule has 8 heteroatoms. The summed E-state index contributed by atoms with van der Waals surface area (Å²) < 4.78 is 46.0. The first-order chi connectivity index (χ1) is 8.68. The predicted octanol–water partition coefficient (Wildman–Crippen LogP) is 0.702. The molecule has 2 rings (SSSR count). The van der Waals surface area contributed by atoms with Crippen LogP contribution in [-0.4, -0.2) is 29.1 Å². The molecule has 1 aromatic carbocycles. The van der Waals surface area contributed by atoms with Crippen molar-refractivity contribution in [3.05, 3.63) is 18.2 Å². The van der Waals surface area contributed by atoms with Gasteiger partial charge in [-0.25, -0.2) is 22.0 Å². The minimum atomic E-state index is -3.91. The second-order valence-corrected chi connectivity index (χ2v) is 8.29. The average molecular weight is 304 g/mol. The van der Waals surface area contributed by atoms with Crippen LogP contribution in [0.15, 0.2) is 28.0 Å². The van der Waals surface area contributed by atoms with Gasteiger partial charge in [-0.3, -0.25) is 0 Å². The zero-order valence-corrected chi connectivity index (χ0v) is 12.1. The number of rotatable bonds is 4. The summed E-state index contributed by atoms with van der Waals surface area (Å²) in [5, 5.41) is 8.13. The normalized spacial score (nSPS) is 16.9. The molecule has 0 heterocycles. The Labute approximate surface area is 113 Å².